The Morgan fingerprint density at radius 1 is 0.471 bits per heavy atom. The second-order valence-electron chi connectivity index (χ2n) is 29.2. The topological polar surface area (TPSA) is 212 Å². The van der Waals surface area contributed by atoms with Crippen LogP contribution in [0.2, 0.25) is 0 Å². The highest BCUT2D eigenvalue weighted by atomic mass is 127. The molecule has 0 aliphatic heterocycles. The van der Waals surface area contributed by atoms with E-state index in [0.29, 0.717) is 78.8 Å². The van der Waals surface area contributed by atoms with Crippen LogP contribution in [0.25, 0.3) is 0 Å². The van der Waals surface area contributed by atoms with Crippen LogP contribution in [0.15, 0.2) is 109 Å². The van der Waals surface area contributed by atoms with Crippen LogP contribution >= 0.6 is 45.2 Å². The zero-order valence-electron chi connectivity index (χ0n) is 62.0. The van der Waals surface area contributed by atoms with Crippen molar-refractivity contribution in [1.29, 1.82) is 0 Å². The second kappa shape index (κ2) is 36.7. The van der Waals surface area contributed by atoms with Crippen molar-refractivity contribution in [1.82, 2.24) is 0 Å². The molecule has 6 aromatic rings. The van der Waals surface area contributed by atoms with Gasteiger partial charge in [-0.3, -0.25) is 9.59 Å². The molecule has 0 spiro atoms. The lowest BCUT2D eigenvalue weighted by atomic mass is 9.74. The Kier molecular flexibility index (Phi) is 29.1. The Hall–Kier alpha value is -6.89. The van der Waals surface area contributed by atoms with Crippen molar-refractivity contribution in [2.75, 3.05) is 68.5 Å². The van der Waals surface area contributed by atoms with Gasteiger partial charge in [0.15, 0.2) is 59.6 Å². The summed E-state index contributed by atoms with van der Waals surface area (Å²) in [6.45, 7) is 20.1. The van der Waals surface area contributed by atoms with Gasteiger partial charge in [-0.1, -0.05) is 68.4 Å². The van der Waals surface area contributed by atoms with E-state index in [9.17, 15) is 24.6 Å². The van der Waals surface area contributed by atoms with Gasteiger partial charge in [0.05, 0.1) is 59.6 Å². The number of ether oxygens (including phenoxy) is 13. The maximum absolute atomic E-state index is 14.4. The van der Waals surface area contributed by atoms with E-state index in [0.717, 1.165) is 92.0 Å². The molecule has 0 heterocycles. The Balaban J connectivity index is 0.882. The molecule has 8 rings (SSSR count). The molecule has 4 unspecified atom stereocenters. The van der Waals surface area contributed by atoms with Crippen LogP contribution in [0.1, 0.15) is 221 Å². The molecule has 0 amide bonds. The fourth-order valence-electron chi connectivity index (χ4n) is 13.9. The van der Waals surface area contributed by atoms with E-state index in [-0.39, 0.29) is 92.7 Å². The Morgan fingerprint density at radius 3 is 1.29 bits per heavy atom. The summed E-state index contributed by atoms with van der Waals surface area (Å²) < 4.78 is 79.9. The minimum atomic E-state index is -1.00. The largest absolute Gasteiger partial charge is 0.504 e. The summed E-state index contributed by atoms with van der Waals surface area (Å²) in [6.07, 6.45) is 11.7. The second-order valence-corrected chi connectivity index (χ2v) is 31.4. The molecule has 6 aromatic carbocycles. The number of halogens is 2. The molecule has 20 heteroatoms. The van der Waals surface area contributed by atoms with Crippen molar-refractivity contribution in [3.8, 4) is 57.5 Å². The van der Waals surface area contributed by atoms with Gasteiger partial charge in [-0.05, 0) is 297 Å². The van der Waals surface area contributed by atoms with E-state index in [1.54, 1.807) is 32.4 Å². The summed E-state index contributed by atoms with van der Waals surface area (Å²) in [4.78, 5) is 42.2. The van der Waals surface area contributed by atoms with Crippen LogP contribution in [-0.4, -0.2) is 108 Å². The number of hydrogen-bond acceptors (Lipinski definition) is 18. The average Bonchev–Trinajstić information content (AvgIpc) is 1.50. The SMILES string of the molecule is CCC(CC(CC(C)(C)C(=O)OC1(C)CCCC1)c1ccc(O)c(OC)c1)c1ccc(OCOCCOc2cc(C(=O)OC(C)(C)c3ccccc3)c(OCCOCOc3ccc(C(CC)CC(CC(C)(C)C(=O)OC4(C)CCCC4)c4ccc(O)c(OC)c4)cc3OC)c(I)c2I)c(OC)c1. The summed E-state index contributed by atoms with van der Waals surface area (Å²) >= 11 is 4.34. The molecule has 2 aliphatic rings. The summed E-state index contributed by atoms with van der Waals surface area (Å²) in [5.41, 5.74) is 1.47. The molecular formula is C82H106I2O18. The first-order valence-corrected chi connectivity index (χ1v) is 37.8. The summed E-state index contributed by atoms with van der Waals surface area (Å²) in [5.74, 6) is 2.53. The molecule has 556 valence electrons. The van der Waals surface area contributed by atoms with Crippen LogP contribution in [0.5, 0.6) is 57.5 Å². The smallest absolute Gasteiger partial charge is 0.342 e. The van der Waals surface area contributed by atoms with Gasteiger partial charge in [0.2, 0.25) is 0 Å². The van der Waals surface area contributed by atoms with Gasteiger partial charge >= 0.3 is 17.9 Å². The molecule has 0 aromatic heterocycles. The molecule has 0 radical (unpaired) electrons. The predicted molar refractivity (Wildman–Crippen MR) is 409 cm³/mol. The summed E-state index contributed by atoms with van der Waals surface area (Å²) in [6, 6.07) is 33.8. The van der Waals surface area contributed by atoms with Gasteiger partial charge < -0.3 is 71.8 Å². The van der Waals surface area contributed by atoms with E-state index in [2.05, 4.69) is 59.0 Å². The number of phenolic OH excluding ortho intramolecular Hbond substituents is 2. The van der Waals surface area contributed by atoms with Gasteiger partial charge in [0, 0.05) is 0 Å². The number of phenols is 2. The van der Waals surface area contributed by atoms with Crippen LogP contribution in [-0.2, 0) is 38.9 Å². The zero-order chi connectivity index (χ0) is 74.0. The summed E-state index contributed by atoms with van der Waals surface area (Å²) in [5, 5.41) is 21.1. The number of methoxy groups -OCH3 is 4. The van der Waals surface area contributed by atoms with Gasteiger partial charge in [-0.15, -0.1) is 0 Å². The highest BCUT2D eigenvalue weighted by molar-refractivity contribution is 14.1. The fourth-order valence-corrected chi connectivity index (χ4v) is 15.2. The van der Waals surface area contributed by atoms with E-state index in [1.807, 2.05) is 146 Å². The minimum absolute atomic E-state index is 0.0470. The molecule has 2 N–H and O–H groups in total. The first-order chi connectivity index (χ1) is 48.6. The van der Waals surface area contributed by atoms with E-state index < -0.39 is 33.6 Å². The van der Waals surface area contributed by atoms with Crippen molar-refractivity contribution in [3.63, 3.8) is 0 Å². The fraction of sp³-hybridized carbons (Fsp3) is 0.524. The number of aromatic hydroxyl groups is 2. The van der Waals surface area contributed by atoms with Crippen molar-refractivity contribution in [2.24, 2.45) is 10.8 Å². The highest BCUT2D eigenvalue weighted by Gasteiger charge is 2.43. The minimum Gasteiger partial charge on any atom is -0.504 e. The summed E-state index contributed by atoms with van der Waals surface area (Å²) in [7, 11) is 6.26. The first-order valence-electron chi connectivity index (χ1n) is 35.6. The molecule has 102 heavy (non-hydrogen) atoms. The van der Waals surface area contributed by atoms with Crippen LogP contribution in [0.4, 0.5) is 0 Å². The van der Waals surface area contributed by atoms with Crippen molar-refractivity contribution < 1.29 is 86.2 Å². The number of rotatable bonds is 39. The molecule has 2 saturated carbocycles. The zero-order valence-corrected chi connectivity index (χ0v) is 66.3. The maximum atomic E-state index is 14.4. The third-order valence-corrected chi connectivity index (χ3v) is 23.3. The standard InChI is InChI=1S/C82H106I2O18/c1-15-53(42-59(57-26-30-63(85)67(44-57)90-11)49-78(3,4)76(88)101-81(9)34-20-21-35-81)55-28-32-65(69(46-55)92-13)98-51-94-38-40-96-71-48-62(75(87)100-80(7,8)61-24-18-17-19-25-61)74(73(84)72(71)83)97-41-39-95-52-99-66-33-29-56(47-70(66)93-14)54(16-2)43-60(58-27-31-64(86)68(45-58)91-12)50-79(5,6)77(89)102-82(10)36-22-23-37-82/h17-19,24-33,44-48,53-54,59-60,85-86H,15-16,20-23,34-43,49-52H2,1-14H3. The third-order valence-electron chi connectivity index (χ3n) is 20.1. The average molecular weight is 1630 g/mol. The Bertz CT molecular complexity index is 3740. The number of hydrogen-bond donors (Lipinski definition) is 2. The van der Waals surface area contributed by atoms with Gasteiger partial charge in [0.25, 0.3) is 0 Å². The molecule has 2 fully saturated rings. The number of carbonyl (C=O) groups is 3. The third kappa shape index (κ3) is 21.4. The monoisotopic (exact) mass is 1630 g/mol. The van der Waals surface area contributed by atoms with Crippen molar-refractivity contribution in [3.05, 3.63) is 150 Å². The van der Waals surface area contributed by atoms with E-state index >= 15 is 0 Å². The molecule has 0 saturated heterocycles. The molecule has 2 aliphatic carbocycles. The van der Waals surface area contributed by atoms with Gasteiger partial charge in [0.1, 0.15) is 47.1 Å². The maximum Gasteiger partial charge on any atom is 0.342 e. The van der Waals surface area contributed by atoms with Crippen molar-refractivity contribution >= 4 is 63.1 Å². The molecular weight excluding hydrogens is 1530 g/mol. The number of carbonyl (C=O) groups excluding carboxylic acids is 3. The predicted octanol–water partition coefficient (Wildman–Crippen LogP) is 19.2. The Morgan fingerprint density at radius 2 is 0.873 bits per heavy atom. The van der Waals surface area contributed by atoms with Crippen molar-refractivity contribution in [2.45, 2.75) is 200 Å². The van der Waals surface area contributed by atoms with E-state index in [1.165, 1.54) is 14.2 Å². The Labute approximate surface area is 631 Å². The van der Waals surface area contributed by atoms with Crippen LogP contribution in [0, 0.1) is 18.0 Å². The lowest BCUT2D eigenvalue weighted by Crippen LogP contribution is -2.37. The van der Waals surface area contributed by atoms with E-state index in [4.69, 9.17) is 61.6 Å². The molecule has 0 bridgehead atoms. The number of benzene rings is 6. The highest BCUT2D eigenvalue weighted by Crippen LogP contribution is 2.48. The first kappa shape index (κ1) is 80.8. The number of esters is 3. The van der Waals surface area contributed by atoms with Gasteiger partial charge in [-0.25, -0.2) is 4.79 Å². The molecule has 4 atom stereocenters. The quantitative estimate of drug-likeness (QED) is 0.0121. The molecule has 18 nitrogen and oxygen atoms in total. The van der Waals surface area contributed by atoms with Crippen LogP contribution < -0.4 is 37.9 Å². The van der Waals surface area contributed by atoms with Gasteiger partial charge in [-0.2, -0.15) is 0 Å². The lowest BCUT2D eigenvalue weighted by Gasteiger charge is -2.34. The lowest BCUT2D eigenvalue weighted by molar-refractivity contribution is -0.170. The van der Waals surface area contributed by atoms with Crippen LogP contribution in [0.3, 0.4) is 0 Å². The normalized spacial score (nSPS) is 15.5.